The highest BCUT2D eigenvalue weighted by Gasteiger charge is 2.16. The average molecular weight is 239 g/mol. The maximum atomic E-state index is 10.8. The number of ether oxygens (including phenoxy) is 3. The van der Waals surface area contributed by atoms with Gasteiger partial charge in [-0.1, -0.05) is 6.07 Å². The fourth-order valence-corrected chi connectivity index (χ4v) is 1.49. The Kier molecular flexibility index (Phi) is 3.34. The monoisotopic (exact) mass is 239 g/mol. The first-order valence-corrected chi connectivity index (χ1v) is 5.10. The summed E-state index contributed by atoms with van der Waals surface area (Å²) >= 11 is 0. The van der Waals surface area contributed by atoms with Crippen molar-refractivity contribution in [1.29, 1.82) is 0 Å². The highest BCUT2D eigenvalue weighted by Crippen LogP contribution is 2.33. The summed E-state index contributed by atoms with van der Waals surface area (Å²) in [7, 11) is 1.27. The fourth-order valence-electron chi connectivity index (χ4n) is 1.49. The summed E-state index contributed by atoms with van der Waals surface area (Å²) in [5.74, 6) is 1.25. The molecule has 1 aliphatic rings. The van der Waals surface area contributed by atoms with Gasteiger partial charge in [0, 0.05) is 0 Å². The second-order valence-corrected chi connectivity index (χ2v) is 3.50. The third kappa shape index (κ3) is 2.59. The first kappa shape index (κ1) is 11.5. The number of rotatable bonds is 3. The molecule has 0 aromatic heterocycles. The number of aliphatic hydroxyl groups excluding tert-OH is 1. The standard InChI is InChI=1S/C11H13NO5/c1-15-11(14)12-5-8(13)7-2-3-9-10(4-7)17-6-16-9/h2-4,8,13H,5-6H2,1H3,(H,12,14). The minimum absolute atomic E-state index is 0.0757. The molecule has 6 nitrogen and oxygen atoms in total. The minimum atomic E-state index is -0.816. The van der Waals surface area contributed by atoms with Gasteiger partial charge in [-0.15, -0.1) is 0 Å². The van der Waals surface area contributed by atoms with Gasteiger partial charge in [-0.3, -0.25) is 0 Å². The van der Waals surface area contributed by atoms with E-state index in [1.165, 1.54) is 7.11 Å². The molecule has 0 spiro atoms. The number of nitrogens with one attached hydrogen (secondary N) is 1. The lowest BCUT2D eigenvalue weighted by Crippen LogP contribution is -2.28. The molecule has 0 radical (unpaired) electrons. The topological polar surface area (TPSA) is 77.0 Å². The van der Waals surface area contributed by atoms with Crippen molar-refractivity contribution in [1.82, 2.24) is 5.32 Å². The molecule has 1 aromatic rings. The second-order valence-electron chi connectivity index (χ2n) is 3.50. The molecular formula is C11H13NO5. The molecule has 0 saturated carbocycles. The van der Waals surface area contributed by atoms with Crippen LogP contribution in [0.2, 0.25) is 0 Å². The Bertz CT molecular complexity index is 420. The molecule has 1 aliphatic heterocycles. The van der Waals surface area contributed by atoms with Crippen LogP contribution in [0, 0.1) is 0 Å². The Balaban J connectivity index is 1.99. The quantitative estimate of drug-likeness (QED) is 0.816. The second kappa shape index (κ2) is 4.92. The Labute approximate surface area is 98.1 Å². The number of amides is 1. The molecule has 0 fully saturated rings. The van der Waals surface area contributed by atoms with Crippen LogP contribution in [0.1, 0.15) is 11.7 Å². The molecule has 1 heterocycles. The van der Waals surface area contributed by atoms with Crippen LogP contribution in [0.15, 0.2) is 18.2 Å². The van der Waals surface area contributed by atoms with Crippen LogP contribution in [0.4, 0.5) is 4.79 Å². The maximum absolute atomic E-state index is 10.8. The summed E-state index contributed by atoms with van der Waals surface area (Å²) in [6.07, 6.45) is -1.40. The summed E-state index contributed by atoms with van der Waals surface area (Å²) in [4.78, 5) is 10.8. The molecule has 0 aliphatic carbocycles. The zero-order valence-corrected chi connectivity index (χ0v) is 9.30. The van der Waals surface area contributed by atoms with E-state index < -0.39 is 12.2 Å². The van der Waals surface area contributed by atoms with Crippen molar-refractivity contribution >= 4 is 6.09 Å². The van der Waals surface area contributed by atoms with Crippen molar-refractivity contribution in [3.8, 4) is 11.5 Å². The summed E-state index contributed by atoms with van der Waals surface area (Å²) in [6, 6.07) is 5.13. The molecule has 2 rings (SSSR count). The first-order chi connectivity index (χ1) is 8.20. The summed E-state index contributed by atoms with van der Waals surface area (Å²) in [6.45, 7) is 0.265. The van der Waals surface area contributed by atoms with Crippen LogP contribution in [-0.4, -0.2) is 31.6 Å². The average Bonchev–Trinajstić information content (AvgIpc) is 2.82. The Morgan fingerprint density at radius 2 is 2.29 bits per heavy atom. The van der Waals surface area contributed by atoms with Crippen LogP contribution in [-0.2, 0) is 4.74 Å². The van der Waals surface area contributed by atoms with Gasteiger partial charge in [-0.25, -0.2) is 4.79 Å². The number of carbonyl (C=O) groups excluding carboxylic acids is 1. The van der Waals surface area contributed by atoms with Crippen molar-refractivity contribution < 1.29 is 24.1 Å². The molecule has 0 bridgehead atoms. The lowest BCUT2D eigenvalue weighted by Gasteiger charge is -2.12. The van der Waals surface area contributed by atoms with Gasteiger partial charge in [0.2, 0.25) is 6.79 Å². The van der Waals surface area contributed by atoms with E-state index in [-0.39, 0.29) is 13.3 Å². The van der Waals surface area contributed by atoms with Crippen LogP contribution in [0.5, 0.6) is 11.5 Å². The zero-order chi connectivity index (χ0) is 12.3. The number of alkyl carbamates (subject to hydrolysis) is 1. The summed E-state index contributed by atoms with van der Waals surface area (Å²) in [5, 5.41) is 12.2. The highest BCUT2D eigenvalue weighted by atomic mass is 16.7. The largest absolute Gasteiger partial charge is 0.454 e. The highest BCUT2D eigenvalue weighted by molar-refractivity contribution is 5.66. The van der Waals surface area contributed by atoms with Crippen molar-refractivity contribution in [2.75, 3.05) is 20.4 Å². The molecular weight excluding hydrogens is 226 g/mol. The number of fused-ring (bicyclic) bond motifs is 1. The van der Waals surface area contributed by atoms with E-state index in [4.69, 9.17) is 9.47 Å². The van der Waals surface area contributed by atoms with E-state index in [2.05, 4.69) is 10.1 Å². The molecule has 2 N–H and O–H groups in total. The number of aliphatic hydroxyl groups is 1. The third-order valence-electron chi connectivity index (χ3n) is 2.41. The number of carbonyl (C=O) groups is 1. The third-order valence-corrected chi connectivity index (χ3v) is 2.41. The lowest BCUT2D eigenvalue weighted by atomic mass is 10.1. The van der Waals surface area contributed by atoms with Gasteiger partial charge in [0.15, 0.2) is 11.5 Å². The first-order valence-electron chi connectivity index (χ1n) is 5.10. The van der Waals surface area contributed by atoms with E-state index in [0.717, 1.165) is 0 Å². The predicted molar refractivity (Wildman–Crippen MR) is 57.9 cm³/mol. The fraction of sp³-hybridized carbons (Fsp3) is 0.364. The van der Waals surface area contributed by atoms with Gasteiger partial charge >= 0.3 is 6.09 Å². The number of benzene rings is 1. The van der Waals surface area contributed by atoms with Crippen molar-refractivity contribution in [3.05, 3.63) is 23.8 Å². The molecule has 17 heavy (non-hydrogen) atoms. The van der Waals surface area contributed by atoms with Crippen LogP contribution >= 0.6 is 0 Å². The zero-order valence-electron chi connectivity index (χ0n) is 9.30. The predicted octanol–water partition coefficient (Wildman–Crippen LogP) is 0.805. The molecule has 1 aromatic carbocycles. The van der Waals surface area contributed by atoms with E-state index >= 15 is 0 Å². The summed E-state index contributed by atoms with van der Waals surface area (Å²) < 4.78 is 14.8. The van der Waals surface area contributed by atoms with Crippen molar-refractivity contribution in [2.24, 2.45) is 0 Å². The Hall–Kier alpha value is -1.95. The van der Waals surface area contributed by atoms with Crippen LogP contribution in [0.25, 0.3) is 0 Å². The SMILES string of the molecule is COC(=O)NCC(O)c1ccc2c(c1)OCO2. The van der Waals surface area contributed by atoms with Gasteiger partial charge in [0.25, 0.3) is 0 Å². The van der Waals surface area contributed by atoms with Gasteiger partial charge in [-0.05, 0) is 17.7 Å². The van der Waals surface area contributed by atoms with Crippen molar-refractivity contribution in [3.63, 3.8) is 0 Å². The smallest absolute Gasteiger partial charge is 0.406 e. The van der Waals surface area contributed by atoms with E-state index in [9.17, 15) is 9.90 Å². The van der Waals surface area contributed by atoms with Gasteiger partial charge < -0.3 is 24.6 Å². The van der Waals surface area contributed by atoms with Crippen LogP contribution in [0.3, 0.4) is 0 Å². The molecule has 6 heteroatoms. The summed E-state index contributed by atoms with van der Waals surface area (Å²) in [5.41, 5.74) is 0.644. The van der Waals surface area contributed by atoms with Gasteiger partial charge in [0.1, 0.15) is 0 Å². The molecule has 1 amide bonds. The van der Waals surface area contributed by atoms with E-state index in [1.807, 2.05) is 0 Å². The van der Waals surface area contributed by atoms with Gasteiger partial charge in [-0.2, -0.15) is 0 Å². The van der Waals surface area contributed by atoms with E-state index in [1.54, 1.807) is 18.2 Å². The molecule has 1 atom stereocenters. The molecule has 0 saturated heterocycles. The number of methoxy groups -OCH3 is 1. The Morgan fingerprint density at radius 3 is 3.06 bits per heavy atom. The Morgan fingerprint density at radius 1 is 1.53 bits per heavy atom. The maximum Gasteiger partial charge on any atom is 0.406 e. The molecule has 1 unspecified atom stereocenters. The van der Waals surface area contributed by atoms with E-state index in [0.29, 0.717) is 17.1 Å². The van der Waals surface area contributed by atoms with Crippen molar-refractivity contribution in [2.45, 2.75) is 6.10 Å². The van der Waals surface area contributed by atoms with Gasteiger partial charge in [0.05, 0.1) is 19.8 Å². The van der Waals surface area contributed by atoms with Crippen LogP contribution < -0.4 is 14.8 Å². The molecule has 92 valence electrons. The minimum Gasteiger partial charge on any atom is -0.454 e. The normalized spacial score (nSPS) is 14.2. The number of hydrogen-bond donors (Lipinski definition) is 2. The lowest BCUT2D eigenvalue weighted by molar-refractivity contribution is 0.147. The number of hydrogen-bond acceptors (Lipinski definition) is 5.